The summed E-state index contributed by atoms with van der Waals surface area (Å²) in [6, 6.07) is 0. The summed E-state index contributed by atoms with van der Waals surface area (Å²) in [6.45, 7) is 6.05. The summed E-state index contributed by atoms with van der Waals surface area (Å²) in [5, 5.41) is 7.21. The first kappa shape index (κ1) is 15.1. The summed E-state index contributed by atoms with van der Waals surface area (Å²) in [7, 11) is 3.98. The van der Waals surface area contributed by atoms with Crippen LogP contribution in [0.25, 0.3) is 0 Å². The van der Waals surface area contributed by atoms with Crippen LogP contribution in [0.3, 0.4) is 0 Å². The van der Waals surface area contributed by atoms with Crippen molar-refractivity contribution in [2.24, 2.45) is 0 Å². The zero-order chi connectivity index (χ0) is 13.5. The Morgan fingerprint density at radius 3 is 3.00 bits per heavy atom. The molecule has 0 fully saturated rings. The number of carbonyl (C=O) groups is 1. The number of aromatic nitrogens is 2. The van der Waals surface area contributed by atoms with Crippen molar-refractivity contribution in [3.8, 4) is 0 Å². The Balaban J connectivity index is 2.70. The maximum Gasteiger partial charge on any atom is 0.195 e. The minimum Gasteiger partial charge on any atom is -0.308 e. The van der Waals surface area contributed by atoms with E-state index in [2.05, 4.69) is 37.8 Å². The van der Waals surface area contributed by atoms with E-state index < -0.39 is 0 Å². The quantitative estimate of drug-likeness (QED) is 0.444. The van der Waals surface area contributed by atoms with Gasteiger partial charge >= 0.3 is 0 Å². The van der Waals surface area contributed by atoms with Crippen LogP contribution in [-0.2, 0) is 6.54 Å². The summed E-state index contributed by atoms with van der Waals surface area (Å²) in [6.07, 6.45) is 3.39. The fourth-order valence-corrected chi connectivity index (χ4v) is 1.99. The summed E-state index contributed by atoms with van der Waals surface area (Å²) >= 11 is 3.37. The average Bonchev–Trinajstić information content (AvgIpc) is 2.68. The number of hydrogen-bond acceptors (Lipinski definition) is 4. The lowest BCUT2D eigenvalue weighted by Crippen LogP contribution is -2.27. The Morgan fingerprint density at radius 2 is 2.39 bits per heavy atom. The molecule has 1 rings (SSSR count). The summed E-state index contributed by atoms with van der Waals surface area (Å²) in [4.78, 5) is 14.1. The Bertz CT molecular complexity index is 414. The molecule has 100 valence electrons. The number of Topliss-reactive ketones (excluding diaryl/α,β-unsaturated/α-hetero) is 1. The molecule has 0 aliphatic rings. The highest BCUT2D eigenvalue weighted by molar-refractivity contribution is 9.10. The molecule has 0 radical (unpaired) electrons. The number of rotatable bonds is 8. The monoisotopic (exact) mass is 314 g/mol. The van der Waals surface area contributed by atoms with Gasteiger partial charge in [-0.1, -0.05) is 6.08 Å². The van der Waals surface area contributed by atoms with Gasteiger partial charge in [0, 0.05) is 13.1 Å². The van der Waals surface area contributed by atoms with Gasteiger partial charge in [0.05, 0.1) is 23.8 Å². The minimum absolute atomic E-state index is 0.0278. The summed E-state index contributed by atoms with van der Waals surface area (Å²) in [5.74, 6) is 0.0278. The molecule has 0 aliphatic carbocycles. The first-order chi connectivity index (χ1) is 8.56. The highest BCUT2D eigenvalue weighted by Gasteiger charge is 2.16. The molecule has 0 aromatic carbocycles. The number of ketones is 1. The Kier molecular flexibility index (Phi) is 6.24. The smallest absolute Gasteiger partial charge is 0.195 e. The SMILES string of the molecule is C=CCNCC(=O)c1c(Br)cnn1CCN(C)C. The molecular formula is C12H19BrN4O. The number of halogens is 1. The van der Waals surface area contributed by atoms with Crippen molar-refractivity contribution in [3.63, 3.8) is 0 Å². The van der Waals surface area contributed by atoms with E-state index in [1.807, 2.05) is 14.1 Å². The Morgan fingerprint density at radius 1 is 1.67 bits per heavy atom. The van der Waals surface area contributed by atoms with E-state index in [1.165, 1.54) is 0 Å². The van der Waals surface area contributed by atoms with Crippen LogP contribution >= 0.6 is 15.9 Å². The molecule has 0 bridgehead atoms. The third-order valence-electron chi connectivity index (χ3n) is 2.39. The molecule has 1 heterocycles. The van der Waals surface area contributed by atoms with E-state index in [0.717, 1.165) is 11.0 Å². The third-order valence-corrected chi connectivity index (χ3v) is 2.97. The van der Waals surface area contributed by atoms with Gasteiger partial charge in [-0.15, -0.1) is 6.58 Å². The van der Waals surface area contributed by atoms with Crippen molar-refractivity contribution in [3.05, 3.63) is 29.0 Å². The van der Waals surface area contributed by atoms with Crippen LogP contribution < -0.4 is 5.32 Å². The van der Waals surface area contributed by atoms with E-state index in [0.29, 0.717) is 18.8 Å². The molecule has 0 unspecified atom stereocenters. The molecule has 0 atom stereocenters. The second-order valence-corrected chi connectivity index (χ2v) is 5.06. The van der Waals surface area contributed by atoms with E-state index in [9.17, 15) is 4.79 Å². The van der Waals surface area contributed by atoms with Crippen molar-refractivity contribution in [1.82, 2.24) is 20.0 Å². The number of likely N-dealkylation sites (N-methyl/N-ethyl adjacent to an activating group) is 1. The maximum atomic E-state index is 12.1. The fraction of sp³-hybridized carbons (Fsp3) is 0.500. The maximum absolute atomic E-state index is 12.1. The lowest BCUT2D eigenvalue weighted by Gasteiger charge is -2.11. The lowest BCUT2D eigenvalue weighted by molar-refractivity contribution is 0.0980. The Hall–Kier alpha value is -0.980. The highest BCUT2D eigenvalue weighted by atomic mass is 79.9. The zero-order valence-corrected chi connectivity index (χ0v) is 12.4. The van der Waals surface area contributed by atoms with Crippen LogP contribution in [0.15, 0.2) is 23.3 Å². The standard InChI is InChI=1S/C12H19BrN4O/c1-4-5-14-9-11(18)12-10(13)8-15-17(12)7-6-16(2)3/h4,8,14H,1,5-7,9H2,2-3H3. The van der Waals surface area contributed by atoms with Gasteiger partial charge in [0.15, 0.2) is 5.78 Å². The predicted octanol–water partition coefficient (Wildman–Crippen LogP) is 1.17. The van der Waals surface area contributed by atoms with Crippen LogP contribution in [0.1, 0.15) is 10.5 Å². The summed E-state index contributed by atoms with van der Waals surface area (Å²) < 4.78 is 2.48. The zero-order valence-electron chi connectivity index (χ0n) is 10.8. The molecule has 1 aromatic heterocycles. The van der Waals surface area contributed by atoms with Crippen LogP contribution in [0, 0.1) is 0 Å². The van der Waals surface area contributed by atoms with Gasteiger partial charge in [-0.25, -0.2) is 0 Å². The molecule has 18 heavy (non-hydrogen) atoms. The third kappa shape index (κ3) is 4.36. The molecule has 0 amide bonds. The molecule has 0 aliphatic heterocycles. The number of hydrogen-bond donors (Lipinski definition) is 1. The van der Waals surface area contributed by atoms with Gasteiger partial charge in [-0.2, -0.15) is 5.10 Å². The van der Waals surface area contributed by atoms with Gasteiger partial charge in [0.25, 0.3) is 0 Å². The van der Waals surface area contributed by atoms with E-state index >= 15 is 0 Å². The van der Waals surface area contributed by atoms with Crippen LogP contribution in [0.5, 0.6) is 0 Å². The Labute approximate surface area is 116 Å². The van der Waals surface area contributed by atoms with Gasteiger partial charge in [-0.3, -0.25) is 9.48 Å². The lowest BCUT2D eigenvalue weighted by atomic mass is 10.3. The van der Waals surface area contributed by atoms with Crippen molar-refractivity contribution in [2.45, 2.75) is 6.54 Å². The number of nitrogens with one attached hydrogen (secondary N) is 1. The van der Waals surface area contributed by atoms with Gasteiger partial charge < -0.3 is 10.2 Å². The summed E-state index contributed by atoms with van der Waals surface area (Å²) in [5.41, 5.74) is 0.619. The molecule has 6 heteroatoms. The van der Waals surface area contributed by atoms with E-state index in [1.54, 1.807) is 17.0 Å². The highest BCUT2D eigenvalue weighted by Crippen LogP contribution is 2.16. The number of nitrogens with zero attached hydrogens (tertiary/aromatic N) is 3. The molecule has 0 spiro atoms. The van der Waals surface area contributed by atoms with Gasteiger partial charge in [0.2, 0.25) is 0 Å². The van der Waals surface area contributed by atoms with Crippen molar-refractivity contribution in [1.29, 1.82) is 0 Å². The van der Waals surface area contributed by atoms with E-state index in [-0.39, 0.29) is 12.3 Å². The number of carbonyl (C=O) groups excluding carboxylic acids is 1. The van der Waals surface area contributed by atoms with Crippen molar-refractivity contribution >= 4 is 21.7 Å². The van der Waals surface area contributed by atoms with Crippen LogP contribution in [-0.4, -0.2) is 54.2 Å². The fourth-order valence-electron chi connectivity index (χ4n) is 1.48. The van der Waals surface area contributed by atoms with Crippen molar-refractivity contribution < 1.29 is 4.79 Å². The molecular weight excluding hydrogens is 296 g/mol. The average molecular weight is 315 g/mol. The normalized spacial score (nSPS) is 10.9. The molecule has 1 aromatic rings. The molecule has 0 saturated carbocycles. The minimum atomic E-state index is 0.0278. The molecule has 0 saturated heterocycles. The van der Waals surface area contributed by atoms with Gasteiger partial charge in [-0.05, 0) is 30.0 Å². The topological polar surface area (TPSA) is 50.2 Å². The largest absolute Gasteiger partial charge is 0.308 e. The first-order valence-corrected chi connectivity index (χ1v) is 6.56. The molecule has 5 nitrogen and oxygen atoms in total. The second kappa shape index (κ2) is 7.45. The van der Waals surface area contributed by atoms with E-state index in [4.69, 9.17) is 0 Å². The predicted molar refractivity (Wildman–Crippen MR) is 75.9 cm³/mol. The second-order valence-electron chi connectivity index (χ2n) is 4.21. The van der Waals surface area contributed by atoms with Crippen molar-refractivity contribution in [2.75, 3.05) is 33.7 Å². The molecule has 1 N–H and O–H groups in total. The van der Waals surface area contributed by atoms with Crippen LogP contribution in [0.2, 0.25) is 0 Å². The first-order valence-electron chi connectivity index (χ1n) is 5.77. The van der Waals surface area contributed by atoms with Gasteiger partial charge in [0.1, 0.15) is 5.69 Å². The van der Waals surface area contributed by atoms with Crippen LogP contribution in [0.4, 0.5) is 0 Å².